The molecule has 3 N–H and O–H groups in total. The molecule has 0 aliphatic carbocycles. The molecule has 1 aliphatic rings. The Balaban J connectivity index is 1.33. The molecule has 1 fully saturated rings. The number of aliphatic carboxylic acids is 1. The second kappa shape index (κ2) is 9.30. The van der Waals surface area contributed by atoms with Crippen LogP contribution in [-0.4, -0.2) is 92.3 Å². The van der Waals surface area contributed by atoms with E-state index >= 15 is 0 Å². The van der Waals surface area contributed by atoms with Crippen LogP contribution in [0.4, 0.5) is 11.6 Å². The van der Waals surface area contributed by atoms with Gasteiger partial charge in [-0.05, 0) is 40.8 Å². The van der Waals surface area contributed by atoms with Gasteiger partial charge < -0.3 is 24.6 Å². The molecule has 0 radical (unpaired) electrons. The zero-order chi connectivity index (χ0) is 27.2. The number of tetrazole rings is 1. The molecule has 0 atom stereocenters. The van der Waals surface area contributed by atoms with E-state index in [-0.39, 0.29) is 12.3 Å². The fraction of sp³-hybridized carbons (Fsp3) is 0.200. The van der Waals surface area contributed by atoms with Crippen LogP contribution in [0.3, 0.4) is 0 Å². The maximum Gasteiger partial charge on any atom is 0.323 e. The number of carboxylic acids is 1. The van der Waals surface area contributed by atoms with E-state index in [1.807, 2.05) is 36.4 Å². The lowest BCUT2D eigenvalue weighted by Gasteiger charge is -2.36. The molecule has 1 aliphatic heterocycles. The van der Waals surface area contributed by atoms with E-state index in [9.17, 15) is 15.0 Å². The highest BCUT2D eigenvalue weighted by Crippen LogP contribution is 2.30. The Kier molecular flexibility index (Phi) is 5.47. The first-order valence-electron chi connectivity index (χ1n) is 12.5. The van der Waals surface area contributed by atoms with Crippen molar-refractivity contribution in [2.75, 3.05) is 36.0 Å². The molecule has 200 valence electrons. The molecule has 0 spiro atoms. The van der Waals surface area contributed by atoms with E-state index in [0.717, 1.165) is 16.6 Å². The monoisotopic (exact) mass is 538 g/mol. The number of phenols is 1. The first kappa shape index (κ1) is 23.5. The molecule has 0 amide bonds. The Morgan fingerprint density at radius 2 is 1.75 bits per heavy atom. The fourth-order valence-corrected chi connectivity index (χ4v) is 4.96. The van der Waals surface area contributed by atoms with Crippen molar-refractivity contribution in [3.05, 3.63) is 54.9 Å². The van der Waals surface area contributed by atoms with Crippen molar-refractivity contribution < 1.29 is 15.0 Å². The van der Waals surface area contributed by atoms with Crippen LogP contribution in [0.5, 0.6) is 5.75 Å². The average molecular weight is 539 g/mol. The molecule has 0 bridgehead atoms. The molecule has 4 aromatic heterocycles. The maximum atomic E-state index is 11.6. The third-order valence-electron chi connectivity index (χ3n) is 6.87. The summed E-state index contributed by atoms with van der Waals surface area (Å²) in [6, 6.07) is 14.8. The van der Waals surface area contributed by atoms with Crippen molar-refractivity contribution >= 4 is 39.7 Å². The number of carboxylic acid groups (broad SMARTS) is 1. The summed E-state index contributed by atoms with van der Waals surface area (Å²) in [5.41, 5.74) is 3.13. The number of hydrogen-bond acceptors (Lipinski definition) is 11. The van der Waals surface area contributed by atoms with Crippen LogP contribution >= 0.6 is 0 Å². The number of phenolic OH excluding ortho intramolecular Hbond substituents is 1. The van der Waals surface area contributed by atoms with E-state index < -0.39 is 5.97 Å². The molecule has 1 saturated heterocycles. The number of nitrogens with zero attached hydrogens (tertiary/aromatic N) is 11. The standard InChI is InChI=1S/C25H22N12O3/c38-16-7-5-15(6-8-16)34-9-11-35(12-10-34)25-27-23-21(26-14-36(23)13-19(39)40)24(28-25)37-18-4-2-1-3-17(18)20(31-37)22-29-32-33-30-22/h1-8,14,38H,9-13H2,(H,39,40)(H,29,30,32,33). The minimum absolute atomic E-state index is 0.225. The van der Waals surface area contributed by atoms with Crippen LogP contribution in [0.25, 0.3) is 39.4 Å². The van der Waals surface area contributed by atoms with E-state index in [4.69, 9.17) is 15.1 Å². The number of aromatic amines is 1. The Morgan fingerprint density at radius 3 is 2.50 bits per heavy atom. The Labute approximate surface area is 225 Å². The number of fused-ring (bicyclic) bond motifs is 2. The van der Waals surface area contributed by atoms with Gasteiger partial charge in [0, 0.05) is 37.3 Å². The van der Waals surface area contributed by atoms with Crippen molar-refractivity contribution in [1.82, 2.24) is 49.9 Å². The van der Waals surface area contributed by atoms with Gasteiger partial charge in [0.1, 0.15) is 18.0 Å². The van der Waals surface area contributed by atoms with E-state index in [2.05, 4.69) is 35.4 Å². The highest BCUT2D eigenvalue weighted by atomic mass is 16.4. The van der Waals surface area contributed by atoms with Crippen LogP contribution < -0.4 is 9.80 Å². The number of hydrogen-bond donors (Lipinski definition) is 3. The molecule has 0 saturated carbocycles. The zero-order valence-electron chi connectivity index (χ0n) is 21.0. The van der Waals surface area contributed by atoms with Crippen molar-refractivity contribution in [1.29, 1.82) is 0 Å². The lowest BCUT2D eigenvalue weighted by molar-refractivity contribution is -0.137. The largest absolute Gasteiger partial charge is 0.508 e. The number of imidazole rings is 1. The Bertz CT molecular complexity index is 1840. The van der Waals surface area contributed by atoms with E-state index in [1.165, 1.54) is 10.9 Å². The van der Waals surface area contributed by atoms with Crippen molar-refractivity contribution in [2.45, 2.75) is 6.54 Å². The number of anilines is 2. The van der Waals surface area contributed by atoms with Crippen molar-refractivity contribution in [3.63, 3.8) is 0 Å². The Hall–Kier alpha value is -5.60. The molecule has 0 unspecified atom stereocenters. The SMILES string of the molecule is O=C(O)Cn1cnc2c(-n3nc(-c4nnn[nH]4)c4ccccc43)nc(N3CCN(c4ccc(O)cc4)CC3)nc21. The number of piperazine rings is 1. The highest BCUT2D eigenvalue weighted by Gasteiger charge is 2.25. The molecule has 5 heterocycles. The fourth-order valence-electron chi connectivity index (χ4n) is 4.96. The molecule has 40 heavy (non-hydrogen) atoms. The number of aromatic nitrogens is 10. The van der Waals surface area contributed by atoms with Gasteiger partial charge >= 0.3 is 5.97 Å². The third-order valence-corrected chi connectivity index (χ3v) is 6.87. The second-order valence-corrected chi connectivity index (χ2v) is 9.30. The van der Waals surface area contributed by atoms with Crippen LogP contribution in [0.1, 0.15) is 0 Å². The minimum Gasteiger partial charge on any atom is -0.508 e. The van der Waals surface area contributed by atoms with Gasteiger partial charge in [-0.1, -0.05) is 18.2 Å². The van der Waals surface area contributed by atoms with Gasteiger partial charge in [-0.2, -0.15) is 15.1 Å². The summed E-state index contributed by atoms with van der Waals surface area (Å²) in [6.07, 6.45) is 1.45. The summed E-state index contributed by atoms with van der Waals surface area (Å²) in [4.78, 5) is 30.1. The van der Waals surface area contributed by atoms with Crippen LogP contribution in [0.2, 0.25) is 0 Å². The number of benzene rings is 2. The quantitative estimate of drug-likeness (QED) is 0.278. The number of H-pyrrole nitrogens is 1. The van der Waals surface area contributed by atoms with Crippen LogP contribution in [-0.2, 0) is 11.3 Å². The highest BCUT2D eigenvalue weighted by molar-refractivity contribution is 5.94. The number of carbonyl (C=O) groups is 1. The summed E-state index contributed by atoms with van der Waals surface area (Å²) in [5, 5.41) is 38.9. The molecular weight excluding hydrogens is 516 g/mol. The van der Waals surface area contributed by atoms with Crippen molar-refractivity contribution in [3.8, 4) is 23.1 Å². The normalized spacial score (nSPS) is 13.9. The predicted octanol–water partition coefficient (Wildman–Crippen LogP) is 1.46. The van der Waals surface area contributed by atoms with Gasteiger partial charge in [0.15, 0.2) is 17.0 Å². The number of rotatable bonds is 6. The molecule has 2 aromatic carbocycles. The molecular formula is C25H22N12O3. The van der Waals surface area contributed by atoms with Crippen molar-refractivity contribution in [2.24, 2.45) is 0 Å². The third kappa shape index (κ3) is 4.00. The lowest BCUT2D eigenvalue weighted by Crippen LogP contribution is -2.47. The summed E-state index contributed by atoms with van der Waals surface area (Å²) in [7, 11) is 0. The minimum atomic E-state index is -1.01. The summed E-state index contributed by atoms with van der Waals surface area (Å²) in [5.74, 6) is 0.487. The maximum absolute atomic E-state index is 11.6. The summed E-state index contributed by atoms with van der Waals surface area (Å²) in [6.45, 7) is 2.39. The van der Waals surface area contributed by atoms with Crippen LogP contribution in [0, 0.1) is 0 Å². The lowest BCUT2D eigenvalue weighted by atomic mass is 10.2. The number of nitrogens with one attached hydrogen (secondary N) is 1. The van der Waals surface area contributed by atoms with Gasteiger partial charge in [-0.3, -0.25) is 4.79 Å². The topological polar surface area (TPSA) is 180 Å². The zero-order valence-corrected chi connectivity index (χ0v) is 21.0. The molecule has 15 heteroatoms. The van der Waals surface area contributed by atoms with Gasteiger partial charge in [0.05, 0.1) is 11.8 Å². The molecule has 7 rings (SSSR count). The van der Waals surface area contributed by atoms with Gasteiger partial charge in [-0.15, -0.1) is 5.10 Å². The smallest absolute Gasteiger partial charge is 0.323 e. The molecule has 15 nitrogen and oxygen atoms in total. The van der Waals surface area contributed by atoms with Gasteiger partial charge in [-0.25, -0.2) is 14.8 Å². The van der Waals surface area contributed by atoms with E-state index in [0.29, 0.717) is 60.6 Å². The Morgan fingerprint density at radius 1 is 0.975 bits per heavy atom. The van der Waals surface area contributed by atoms with E-state index in [1.54, 1.807) is 16.8 Å². The van der Waals surface area contributed by atoms with Gasteiger partial charge in [0.2, 0.25) is 11.8 Å². The number of aromatic hydroxyl groups is 1. The second-order valence-electron chi connectivity index (χ2n) is 9.30. The molecule has 6 aromatic rings. The van der Waals surface area contributed by atoms with Gasteiger partial charge in [0.25, 0.3) is 0 Å². The summed E-state index contributed by atoms with van der Waals surface area (Å²) < 4.78 is 3.16. The predicted molar refractivity (Wildman–Crippen MR) is 143 cm³/mol. The number of para-hydroxylation sites is 1. The average Bonchev–Trinajstić information content (AvgIpc) is 3.72. The van der Waals surface area contributed by atoms with Crippen LogP contribution in [0.15, 0.2) is 54.9 Å². The summed E-state index contributed by atoms with van der Waals surface area (Å²) >= 11 is 0. The first-order chi connectivity index (χ1) is 19.5. The first-order valence-corrected chi connectivity index (χ1v) is 12.5.